The predicted octanol–water partition coefficient (Wildman–Crippen LogP) is 6.26. The van der Waals surface area contributed by atoms with Crippen molar-refractivity contribution in [2.24, 2.45) is 0 Å². The van der Waals surface area contributed by atoms with E-state index in [9.17, 15) is 28.2 Å². The van der Waals surface area contributed by atoms with Gasteiger partial charge in [-0.15, -0.1) is 0 Å². The summed E-state index contributed by atoms with van der Waals surface area (Å²) < 4.78 is 40.5. The van der Waals surface area contributed by atoms with Crippen LogP contribution in [0.15, 0.2) is 60.7 Å². The highest BCUT2D eigenvalue weighted by Crippen LogP contribution is 2.35. The Kier molecular flexibility index (Phi) is 9.24. The summed E-state index contributed by atoms with van der Waals surface area (Å²) in [4.78, 5) is 14.3. The number of nitrogens with one attached hydrogen (secondary N) is 1. The molecule has 3 aromatic carbocycles. The number of aliphatic hydroxyl groups is 2. The van der Waals surface area contributed by atoms with Crippen LogP contribution in [0.4, 0.5) is 18.0 Å². The number of rotatable bonds is 8. The van der Waals surface area contributed by atoms with E-state index in [0.29, 0.717) is 26.7 Å². The van der Waals surface area contributed by atoms with Crippen molar-refractivity contribution in [3.63, 3.8) is 0 Å². The highest BCUT2D eigenvalue weighted by Gasteiger charge is 2.31. The molecule has 0 aromatic heterocycles. The van der Waals surface area contributed by atoms with E-state index in [4.69, 9.17) is 23.2 Å². The van der Waals surface area contributed by atoms with Crippen molar-refractivity contribution in [1.29, 1.82) is 0 Å². The second-order valence-corrected chi connectivity index (χ2v) is 9.07. The molecule has 36 heavy (non-hydrogen) atoms. The predicted molar refractivity (Wildman–Crippen MR) is 134 cm³/mol. The average molecular weight is 541 g/mol. The lowest BCUT2D eigenvalue weighted by molar-refractivity contribution is -0.137. The van der Waals surface area contributed by atoms with E-state index >= 15 is 0 Å². The first-order valence-corrected chi connectivity index (χ1v) is 11.8. The van der Waals surface area contributed by atoms with Crippen LogP contribution in [0.25, 0.3) is 11.1 Å². The highest BCUT2D eigenvalue weighted by molar-refractivity contribution is 6.31. The van der Waals surface area contributed by atoms with Gasteiger partial charge in [-0.1, -0.05) is 47.5 Å². The van der Waals surface area contributed by atoms with Gasteiger partial charge in [0.1, 0.15) is 0 Å². The van der Waals surface area contributed by atoms with Gasteiger partial charge in [0.05, 0.1) is 5.56 Å². The maximum absolute atomic E-state index is 13.5. The maximum atomic E-state index is 13.5. The van der Waals surface area contributed by atoms with Gasteiger partial charge in [0.2, 0.25) is 0 Å². The van der Waals surface area contributed by atoms with Gasteiger partial charge in [-0.3, -0.25) is 0 Å². The number of urea groups is 1. The minimum atomic E-state index is -4.57. The second-order valence-electron chi connectivity index (χ2n) is 8.20. The molecular formula is C26H25Cl2F3N2O3. The molecule has 0 fully saturated rings. The third kappa shape index (κ3) is 7.61. The summed E-state index contributed by atoms with van der Waals surface area (Å²) >= 11 is 12.1. The van der Waals surface area contributed by atoms with Crippen molar-refractivity contribution >= 4 is 29.2 Å². The zero-order valence-corrected chi connectivity index (χ0v) is 20.8. The first-order chi connectivity index (χ1) is 17.0. The Morgan fingerprint density at radius 3 is 2.28 bits per heavy atom. The summed E-state index contributed by atoms with van der Waals surface area (Å²) in [6.45, 7) is 2.12. The molecule has 2 amide bonds. The molecule has 0 atom stereocenters. The summed E-state index contributed by atoms with van der Waals surface area (Å²) in [5.41, 5.74) is 1.70. The van der Waals surface area contributed by atoms with Crippen LogP contribution < -0.4 is 5.32 Å². The Morgan fingerprint density at radius 2 is 1.67 bits per heavy atom. The Hall–Kier alpha value is -2.78. The number of carbonyl (C=O) groups excluding carboxylic acids is 1. The van der Waals surface area contributed by atoms with Crippen molar-refractivity contribution in [3.05, 3.63) is 93.0 Å². The number of amides is 2. The Labute approximate surface area is 217 Å². The van der Waals surface area contributed by atoms with E-state index in [1.54, 1.807) is 49.4 Å². The molecular weight excluding hydrogens is 516 g/mol. The molecule has 5 nitrogen and oxygen atoms in total. The summed E-state index contributed by atoms with van der Waals surface area (Å²) in [5.74, 6) is 0. The number of nitrogens with zero attached hydrogens (tertiary/aromatic N) is 1. The van der Waals surface area contributed by atoms with Crippen LogP contribution in [0, 0.1) is 0 Å². The number of benzene rings is 3. The molecule has 0 unspecified atom stereocenters. The molecule has 0 aliphatic heterocycles. The molecule has 0 bridgehead atoms. The van der Waals surface area contributed by atoms with Gasteiger partial charge in [-0.25, -0.2) is 4.79 Å². The van der Waals surface area contributed by atoms with Crippen molar-refractivity contribution in [2.45, 2.75) is 38.9 Å². The molecule has 0 aliphatic carbocycles. The minimum Gasteiger partial charge on any atom is -0.368 e. The molecule has 0 radical (unpaired) electrons. The van der Waals surface area contributed by atoms with Crippen LogP contribution in [0.2, 0.25) is 10.0 Å². The van der Waals surface area contributed by atoms with Gasteiger partial charge in [-0.2, -0.15) is 13.2 Å². The molecule has 10 heteroatoms. The van der Waals surface area contributed by atoms with Crippen molar-refractivity contribution in [2.75, 3.05) is 6.54 Å². The molecule has 3 N–H and O–H groups in total. The molecule has 3 rings (SSSR count). The lowest BCUT2D eigenvalue weighted by atomic mass is 9.95. The summed E-state index contributed by atoms with van der Waals surface area (Å²) in [6, 6.07) is 14.6. The molecule has 0 saturated carbocycles. The summed E-state index contributed by atoms with van der Waals surface area (Å²) in [6.07, 6.45) is -6.28. The molecule has 3 aromatic rings. The summed E-state index contributed by atoms with van der Waals surface area (Å²) in [5, 5.41) is 22.3. The van der Waals surface area contributed by atoms with Gasteiger partial charge in [-0.05, 0) is 71.1 Å². The number of alkyl halides is 3. The average Bonchev–Trinajstić information content (AvgIpc) is 2.80. The van der Waals surface area contributed by atoms with Crippen LogP contribution in [-0.2, 0) is 25.7 Å². The standard InChI is InChI=1S/C26H25Cl2F3N2O3/c1-2-33(25(36)32-14-16-3-6-21(27)7-4-16)15-19-12-20(26(29,30)31)5-8-23(19)18-9-17(11-24(34)35)10-22(28)13-18/h3-10,12-13,24,34-35H,2,11,14-15H2,1H3,(H,32,36). The van der Waals surface area contributed by atoms with Crippen LogP contribution in [0.1, 0.15) is 29.2 Å². The van der Waals surface area contributed by atoms with Crippen molar-refractivity contribution in [3.8, 4) is 11.1 Å². The lowest BCUT2D eigenvalue weighted by Gasteiger charge is -2.24. The van der Waals surface area contributed by atoms with Crippen molar-refractivity contribution < 1.29 is 28.2 Å². The number of hydrogen-bond donors (Lipinski definition) is 3. The molecule has 0 saturated heterocycles. The van der Waals surface area contributed by atoms with Crippen molar-refractivity contribution in [1.82, 2.24) is 10.2 Å². The Morgan fingerprint density at radius 1 is 0.972 bits per heavy atom. The maximum Gasteiger partial charge on any atom is 0.416 e. The van der Waals surface area contributed by atoms with E-state index < -0.39 is 24.1 Å². The quantitative estimate of drug-likeness (QED) is 0.295. The third-order valence-corrected chi connectivity index (χ3v) is 5.98. The monoisotopic (exact) mass is 540 g/mol. The summed E-state index contributed by atoms with van der Waals surface area (Å²) in [7, 11) is 0. The SMILES string of the molecule is CCN(Cc1cc(C(F)(F)F)ccc1-c1cc(Cl)cc(CC(O)O)c1)C(=O)NCc1ccc(Cl)cc1. The van der Waals surface area contributed by atoms with Gasteiger partial charge in [0, 0.05) is 36.1 Å². The Bertz CT molecular complexity index is 1200. The van der Waals surface area contributed by atoms with Crippen LogP contribution in [0.5, 0.6) is 0 Å². The van der Waals surface area contributed by atoms with Crippen LogP contribution in [-0.4, -0.2) is 34.0 Å². The largest absolute Gasteiger partial charge is 0.416 e. The first kappa shape index (κ1) is 27.8. The van der Waals surface area contributed by atoms with E-state index in [1.165, 1.54) is 11.0 Å². The molecule has 192 valence electrons. The number of aliphatic hydroxyl groups excluding tert-OH is 1. The van der Waals surface area contributed by atoms with Gasteiger partial charge in [0.25, 0.3) is 0 Å². The lowest BCUT2D eigenvalue weighted by Crippen LogP contribution is -2.39. The van der Waals surface area contributed by atoms with Gasteiger partial charge in [0.15, 0.2) is 6.29 Å². The van der Waals surface area contributed by atoms with Gasteiger partial charge >= 0.3 is 12.2 Å². The fourth-order valence-corrected chi connectivity index (χ4v) is 4.13. The fourth-order valence-electron chi connectivity index (χ4n) is 3.74. The number of halogens is 5. The Balaban J connectivity index is 1.92. The van der Waals surface area contributed by atoms with E-state index in [0.717, 1.165) is 17.7 Å². The van der Waals surface area contributed by atoms with Crippen LogP contribution >= 0.6 is 23.2 Å². The number of carbonyl (C=O) groups is 1. The van der Waals surface area contributed by atoms with E-state index in [2.05, 4.69) is 5.32 Å². The third-order valence-electron chi connectivity index (χ3n) is 5.51. The smallest absolute Gasteiger partial charge is 0.368 e. The van der Waals surface area contributed by atoms with Crippen LogP contribution in [0.3, 0.4) is 0 Å². The van der Waals surface area contributed by atoms with E-state index in [1.807, 2.05) is 0 Å². The zero-order chi connectivity index (χ0) is 26.5. The molecule has 0 aliphatic rings. The first-order valence-electron chi connectivity index (χ1n) is 11.1. The normalized spacial score (nSPS) is 11.6. The fraction of sp³-hybridized carbons (Fsp3) is 0.269. The minimum absolute atomic E-state index is 0.0906. The molecule has 0 spiro atoms. The van der Waals surface area contributed by atoms with Gasteiger partial charge < -0.3 is 20.4 Å². The number of hydrogen-bond acceptors (Lipinski definition) is 3. The second kappa shape index (κ2) is 12.0. The topological polar surface area (TPSA) is 72.8 Å². The zero-order valence-electron chi connectivity index (χ0n) is 19.3. The van der Waals surface area contributed by atoms with E-state index in [-0.39, 0.29) is 31.6 Å². The highest BCUT2D eigenvalue weighted by atomic mass is 35.5. The molecule has 0 heterocycles.